The molecule has 0 saturated carbocycles. The van der Waals surface area contributed by atoms with Crippen LogP contribution < -0.4 is 5.14 Å². The van der Waals surface area contributed by atoms with Crippen LogP contribution in [0.25, 0.3) is 0 Å². The van der Waals surface area contributed by atoms with Crippen molar-refractivity contribution in [2.75, 3.05) is 20.6 Å². The summed E-state index contributed by atoms with van der Waals surface area (Å²) in [6.07, 6.45) is -0.125. The van der Waals surface area contributed by atoms with Crippen molar-refractivity contribution < 1.29 is 19.2 Å². The number of rotatable bonds is 5. The number of likely N-dealkylation sites (tertiary alicyclic amines) is 1. The summed E-state index contributed by atoms with van der Waals surface area (Å²) in [5.41, 5.74) is 0.590. The predicted molar refractivity (Wildman–Crippen MR) is 92.7 cm³/mol. The van der Waals surface area contributed by atoms with Crippen LogP contribution in [-0.4, -0.2) is 58.7 Å². The van der Waals surface area contributed by atoms with Crippen molar-refractivity contribution in [1.29, 1.82) is 0 Å². The molecule has 10 heteroatoms. The van der Waals surface area contributed by atoms with Crippen LogP contribution in [0.1, 0.15) is 12.0 Å². The van der Waals surface area contributed by atoms with Gasteiger partial charge in [-0.3, -0.25) is 24.9 Å². The molecule has 1 aromatic carbocycles. The highest BCUT2D eigenvalue weighted by molar-refractivity contribution is 7.97. The molecule has 0 aliphatic carbocycles. The Morgan fingerprint density at radius 2 is 2.04 bits per heavy atom. The van der Waals surface area contributed by atoms with Crippen molar-refractivity contribution >= 4 is 29.6 Å². The van der Waals surface area contributed by atoms with Crippen molar-refractivity contribution in [3.63, 3.8) is 0 Å². The highest BCUT2D eigenvalue weighted by Gasteiger charge is 2.41. The fraction of sp³-hybridized carbons (Fsp3) is 0.467. The van der Waals surface area contributed by atoms with Gasteiger partial charge in [0, 0.05) is 38.0 Å². The van der Waals surface area contributed by atoms with E-state index < -0.39 is 17.1 Å². The number of nitrogens with zero attached hydrogens (tertiary/aromatic N) is 3. The molecule has 0 bridgehead atoms. The molecule has 2 N–H and O–H groups in total. The molecule has 0 aromatic heterocycles. The van der Waals surface area contributed by atoms with Gasteiger partial charge in [-0.1, -0.05) is 11.9 Å². The maximum atomic E-state index is 12.4. The van der Waals surface area contributed by atoms with Gasteiger partial charge in [-0.2, -0.15) is 0 Å². The first-order valence-electron chi connectivity index (χ1n) is 7.57. The molecular weight excluding hydrogens is 348 g/mol. The maximum Gasteiger partial charge on any atom is 0.410 e. The molecular formula is C15H20N4O5S. The zero-order valence-electron chi connectivity index (χ0n) is 14.0. The molecule has 9 nitrogen and oxygen atoms in total. The Morgan fingerprint density at radius 1 is 1.40 bits per heavy atom. The van der Waals surface area contributed by atoms with E-state index in [1.54, 1.807) is 14.1 Å². The first-order chi connectivity index (χ1) is 11.8. The molecule has 1 aliphatic heterocycles. The smallest absolute Gasteiger partial charge is 0.410 e. The summed E-state index contributed by atoms with van der Waals surface area (Å²) < 4.78 is 5.26. The zero-order chi connectivity index (χ0) is 18.6. The Bertz CT molecular complexity index is 652. The van der Waals surface area contributed by atoms with Gasteiger partial charge < -0.3 is 9.64 Å². The van der Waals surface area contributed by atoms with Gasteiger partial charge >= 0.3 is 6.09 Å². The van der Waals surface area contributed by atoms with Crippen molar-refractivity contribution in [1.82, 2.24) is 9.80 Å². The van der Waals surface area contributed by atoms with E-state index in [9.17, 15) is 19.7 Å². The molecule has 0 spiro atoms. The molecule has 2 rings (SSSR count). The standard InChI is InChI=1S/C15H20N4O5S/c1-17(2)14(20)13-7-12(25-16)8-18(13)15(21)24-9-10-3-5-11(6-4-10)19(22)23/h3-6,12-13H,7-9,16H2,1-2H3. The Labute approximate surface area is 149 Å². The second-order valence-electron chi connectivity index (χ2n) is 5.87. The quantitative estimate of drug-likeness (QED) is 0.473. The highest BCUT2D eigenvalue weighted by Crippen LogP contribution is 2.26. The number of amides is 2. The largest absolute Gasteiger partial charge is 0.445 e. The summed E-state index contributed by atoms with van der Waals surface area (Å²) in [5.74, 6) is -0.177. The third-order valence-corrected chi connectivity index (χ3v) is 4.65. The van der Waals surface area contributed by atoms with Gasteiger partial charge in [-0.15, -0.1) is 0 Å². The van der Waals surface area contributed by atoms with E-state index in [4.69, 9.17) is 9.88 Å². The normalized spacial score (nSPS) is 19.6. The van der Waals surface area contributed by atoms with Gasteiger partial charge in [-0.25, -0.2) is 4.79 Å². The van der Waals surface area contributed by atoms with Crippen LogP contribution in [0.4, 0.5) is 10.5 Å². The molecule has 136 valence electrons. The van der Waals surface area contributed by atoms with Crippen molar-refractivity contribution in [2.45, 2.75) is 24.3 Å². The molecule has 1 saturated heterocycles. The van der Waals surface area contributed by atoms with Crippen molar-refractivity contribution in [2.24, 2.45) is 5.14 Å². The Morgan fingerprint density at radius 3 is 2.56 bits per heavy atom. The second kappa shape index (κ2) is 8.17. The molecule has 2 amide bonds. The molecule has 2 unspecified atom stereocenters. The fourth-order valence-electron chi connectivity index (χ4n) is 2.57. The average molecular weight is 368 g/mol. The lowest BCUT2D eigenvalue weighted by molar-refractivity contribution is -0.384. The van der Waals surface area contributed by atoms with Crippen molar-refractivity contribution in [3.8, 4) is 0 Å². The van der Waals surface area contributed by atoms with Gasteiger partial charge in [0.15, 0.2) is 0 Å². The van der Waals surface area contributed by atoms with E-state index in [1.165, 1.54) is 34.1 Å². The van der Waals surface area contributed by atoms with E-state index in [2.05, 4.69) is 0 Å². The Kier molecular flexibility index (Phi) is 6.21. The van der Waals surface area contributed by atoms with Crippen LogP contribution in [-0.2, 0) is 16.1 Å². The number of nitrogens with two attached hydrogens (primary N) is 1. The van der Waals surface area contributed by atoms with Gasteiger partial charge in [-0.05, 0) is 24.1 Å². The van der Waals surface area contributed by atoms with Crippen molar-refractivity contribution in [3.05, 3.63) is 39.9 Å². The number of carbonyl (C=O) groups is 2. The molecule has 1 aliphatic rings. The van der Waals surface area contributed by atoms with Crippen LogP contribution in [0.15, 0.2) is 24.3 Å². The van der Waals surface area contributed by atoms with E-state index in [0.29, 0.717) is 18.5 Å². The van der Waals surface area contributed by atoms with E-state index in [1.807, 2.05) is 0 Å². The number of hydrogen-bond donors (Lipinski definition) is 1. The number of non-ortho nitro benzene ring substituents is 1. The number of benzene rings is 1. The van der Waals surface area contributed by atoms with Gasteiger partial charge in [0.05, 0.1) is 4.92 Å². The van der Waals surface area contributed by atoms with Crippen LogP contribution in [0, 0.1) is 10.1 Å². The topological polar surface area (TPSA) is 119 Å². The fourth-order valence-corrected chi connectivity index (χ4v) is 3.11. The minimum Gasteiger partial charge on any atom is -0.445 e. The Hall–Kier alpha value is -2.33. The minimum atomic E-state index is -0.602. The number of nitro benzene ring substituents is 1. The van der Waals surface area contributed by atoms with Crippen LogP contribution >= 0.6 is 11.9 Å². The molecule has 1 heterocycles. The first-order valence-corrected chi connectivity index (χ1v) is 8.51. The summed E-state index contributed by atoms with van der Waals surface area (Å²) in [4.78, 5) is 37.6. The lowest BCUT2D eigenvalue weighted by atomic mass is 10.2. The number of ether oxygens (including phenoxy) is 1. The lowest BCUT2D eigenvalue weighted by Gasteiger charge is -2.25. The molecule has 1 aromatic rings. The van der Waals surface area contributed by atoms with Gasteiger partial charge in [0.1, 0.15) is 12.6 Å². The summed E-state index contributed by atoms with van der Waals surface area (Å²) in [7, 11) is 3.26. The Balaban J connectivity index is 2.00. The average Bonchev–Trinajstić information content (AvgIpc) is 3.03. The summed E-state index contributed by atoms with van der Waals surface area (Å²) in [6, 6.07) is 5.14. The second-order valence-corrected chi connectivity index (χ2v) is 6.81. The van der Waals surface area contributed by atoms with E-state index in [-0.39, 0.29) is 23.5 Å². The highest BCUT2D eigenvalue weighted by atomic mass is 32.2. The van der Waals surface area contributed by atoms with E-state index in [0.717, 1.165) is 11.9 Å². The van der Waals surface area contributed by atoms with Gasteiger partial charge in [0.2, 0.25) is 5.91 Å². The number of likely N-dealkylation sites (N-methyl/N-ethyl adjacent to an activating group) is 1. The molecule has 2 atom stereocenters. The van der Waals surface area contributed by atoms with Crippen LogP contribution in [0.3, 0.4) is 0 Å². The summed E-state index contributed by atoms with van der Waals surface area (Å²) >= 11 is 1.12. The predicted octanol–water partition coefficient (Wildman–Crippen LogP) is 1.37. The van der Waals surface area contributed by atoms with Crippen LogP contribution in [0.2, 0.25) is 0 Å². The number of carbonyl (C=O) groups excluding carboxylic acids is 2. The first kappa shape index (κ1) is 19.0. The summed E-state index contributed by atoms with van der Waals surface area (Å²) in [5, 5.41) is 16.2. The minimum absolute atomic E-state index is 0.0270. The number of hydrogen-bond acceptors (Lipinski definition) is 7. The third kappa shape index (κ3) is 4.60. The zero-order valence-corrected chi connectivity index (χ0v) is 14.8. The van der Waals surface area contributed by atoms with Crippen LogP contribution in [0.5, 0.6) is 0 Å². The van der Waals surface area contributed by atoms with Gasteiger partial charge in [0.25, 0.3) is 5.69 Å². The third-order valence-electron chi connectivity index (χ3n) is 3.92. The van der Waals surface area contributed by atoms with E-state index >= 15 is 0 Å². The maximum absolute atomic E-state index is 12.4. The summed E-state index contributed by atoms with van der Waals surface area (Å²) in [6.45, 7) is 0.307. The number of nitro groups is 1. The lowest BCUT2D eigenvalue weighted by Crippen LogP contribution is -2.45. The SMILES string of the molecule is CN(C)C(=O)C1CC(SN)CN1C(=O)OCc1ccc([N+](=O)[O-])cc1. The monoisotopic (exact) mass is 368 g/mol. The molecule has 0 radical (unpaired) electrons. The molecule has 1 fully saturated rings. The molecule has 25 heavy (non-hydrogen) atoms.